The highest BCUT2D eigenvalue weighted by atomic mass is 35.5. The monoisotopic (exact) mass is 344 g/mol. The third-order valence-electron chi connectivity index (χ3n) is 4.49. The summed E-state index contributed by atoms with van der Waals surface area (Å²) < 4.78 is 0. The molecule has 3 heterocycles. The SMILES string of the molecule is CC(C)(C)c1ncc(CN2CCC(N3CCNCC3)C2)s1.Cl. The Bertz CT molecular complexity index is 465. The second-order valence-corrected chi connectivity index (χ2v) is 8.46. The number of aromatic nitrogens is 1. The molecule has 1 aromatic rings. The van der Waals surface area contributed by atoms with E-state index in [2.05, 4.69) is 47.1 Å². The van der Waals surface area contributed by atoms with Crippen LogP contribution in [0, 0.1) is 0 Å². The first-order valence-corrected chi connectivity index (χ1v) is 8.96. The Morgan fingerprint density at radius 1 is 1.27 bits per heavy atom. The first-order valence-electron chi connectivity index (χ1n) is 8.15. The fraction of sp³-hybridized carbons (Fsp3) is 0.812. The van der Waals surface area contributed by atoms with Gasteiger partial charge in [0, 0.05) is 68.3 Å². The largest absolute Gasteiger partial charge is 0.314 e. The molecule has 0 amide bonds. The molecule has 6 heteroatoms. The molecule has 0 radical (unpaired) electrons. The van der Waals surface area contributed by atoms with E-state index in [-0.39, 0.29) is 17.8 Å². The Morgan fingerprint density at radius 3 is 2.64 bits per heavy atom. The second kappa shape index (κ2) is 7.58. The predicted molar refractivity (Wildman–Crippen MR) is 96.2 cm³/mol. The summed E-state index contributed by atoms with van der Waals surface area (Å²) in [5, 5.41) is 4.70. The zero-order chi connectivity index (χ0) is 14.9. The van der Waals surface area contributed by atoms with E-state index in [0.29, 0.717) is 0 Å². The quantitative estimate of drug-likeness (QED) is 0.912. The molecule has 0 aliphatic carbocycles. The highest BCUT2D eigenvalue weighted by Gasteiger charge is 2.28. The summed E-state index contributed by atoms with van der Waals surface area (Å²) in [6, 6.07) is 0.766. The van der Waals surface area contributed by atoms with Crippen LogP contribution >= 0.6 is 23.7 Å². The molecule has 1 atom stereocenters. The summed E-state index contributed by atoms with van der Waals surface area (Å²) in [4.78, 5) is 11.3. The van der Waals surface area contributed by atoms with Gasteiger partial charge in [0.05, 0.1) is 5.01 Å². The van der Waals surface area contributed by atoms with Crippen LogP contribution < -0.4 is 5.32 Å². The number of nitrogens with zero attached hydrogens (tertiary/aromatic N) is 3. The van der Waals surface area contributed by atoms with Crippen LogP contribution in [0.2, 0.25) is 0 Å². The molecule has 2 saturated heterocycles. The number of rotatable bonds is 3. The van der Waals surface area contributed by atoms with Crippen molar-refractivity contribution in [2.24, 2.45) is 0 Å². The molecule has 0 saturated carbocycles. The molecule has 2 fully saturated rings. The van der Waals surface area contributed by atoms with E-state index in [1.807, 2.05) is 11.3 Å². The van der Waals surface area contributed by atoms with Gasteiger partial charge in [-0.05, 0) is 6.42 Å². The number of thiazole rings is 1. The van der Waals surface area contributed by atoms with Crippen LogP contribution in [0.3, 0.4) is 0 Å². The minimum absolute atomic E-state index is 0. The van der Waals surface area contributed by atoms with E-state index in [1.165, 1.54) is 42.5 Å². The number of hydrogen-bond donors (Lipinski definition) is 1. The van der Waals surface area contributed by atoms with Crippen molar-refractivity contribution in [3.8, 4) is 0 Å². The summed E-state index contributed by atoms with van der Waals surface area (Å²) in [6.45, 7) is 15.0. The van der Waals surface area contributed by atoms with E-state index in [4.69, 9.17) is 0 Å². The van der Waals surface area contributed by atoms with Crippen LogP contribution in [0.25, 0.3) is 0 Å². The molecular weight excluding hydrogens is 316 g/mol. The van der Waals surface area contributed by atoms with Crippen molar-refractivity contribution in [2.45, 2.75) is 45.2 Å². The molecule has 2 aliphatic rings. The normalized spacial score (nSPS) is 24.4. The number of piperazine rings is 1. The predicted octanol–water partition coefficient (Wildman–Crippen LogP) is 2.34. The first kappa shape index (κ1) is 18.1. The van der Waals surface area contributed by atoms with E-state index in [9.17, 15) is 0 Å². The highest BCUT2D eigenvalue weighted by Crippen LogP contribution is 2.28. The summed E-state index contributed by atoms with van der Waals surface area (Å²) in [6.07, 6.45) is 3.41. The van der Waals surface area contributed by atoms with Gasteiger partial charge in [0.2, 0.25) is 0 Å². The van der Waals surface area contributed by atoms with Crippen molar-refractivity contribution >= 4 is 23.7 Å². The lowest BCUT2D eigenvalue weighted by Gasteiger charge is -2.32. The summed E-state index contributed by atoms with van der Waals surface area (Å²) in [5.74, 6) is 0. The van der Waals surface area contributed by atoms with Crippen molar-refractivity contribution in [1.29, 1.82) is 0 Å². The molecule has 126 valence electrons. The third-order valence-corrected chi connectivity index (χ3v) is 5.90. The van der Waals surface area contributed by atoms with Gasteiger partial charge in [-0.3, -0.25) is 9.80 Å². The Morgan fingerprint density at radius 2 is 2.00 bits per heavy atom. The number of nitrogens with one attached hydrogen (secondary N) is 1. The smallest absolute Gasteiger partial charge is 0.0981 e. The van der Waals surface area contributed by atoms with Crippen molar-refractivity contribution in [3.05, 3.63) is 16.1 Å². The maximum atomic E-state index is 4.61. The van der Waals surface area contributed by atoms with E-state index >= 15 is 0 Å². The van der Waals surface area contributed by atoms with Gasteiger partial charge in [0.1, 0.15) is 0 Å². The zero-order valence-corrected chi connectivity index (χ0v) is 15.6. The maximum absolute atomic E-state index is 4.61. The molecule has 0 bridgehead atoms. The molecular formula is C16H29ClN4S. The van der Waals surface area contributed by atoms with Gasteiger partial charge in [-0.15, -0.1) is 23.7 Å². The Labute approximate surface area is 144 Å². The van der Waals surface area contributed by atoms with Gasteiger partial charge in [-0.25, -0.2) is 4.98 Å². The first-order chi connectivity index (χ1) is 10.0. The van der Waals surface area contributed by atoms with E-state index < -0.39 is 0 Å². The number of halogens is 1. The number of likely N-dealkylation sites (tertiary alicyclic amines) is 1. The Kier molecular flexibility index (Phi) is 6.25. The van der Waals surface area contributed by atoms with Crippen LogP contribution in [-0.4, -0.2) is 60.1 Å². The van der Waals surface area contributed by atoms with Crippen molar-refractivity contribution in [2.75, 3.05) is 39.3 Å². The molecule has 22 heavy (non-hydrogen) atoms. The number of hydrogen-bond acceptors (Lipinski definition) is 5. The Balaban J connectivity index is 0.00000176. The zero-order valence-electron chi connectivity index (χ0n) is 14.0. The van der Waals surface area contributed by atoms with Crippen molar-refractivity contribution in [1.82, 2.24) is 20.1 Å². The van der Waals surface area contributed by atoms with Crippen LogP contribution in [0.5, 0.6) is 0 Å². The van der Waals surface area contributed by atoms with Crippen LogP contribution in [0.15, 0.2) is 6.20 Å². The molecule has 0 aromatic carbocycles. The lowest BCUT2D eigenvalue weighted by molar-refractivity contribution is 0.170. The topological polar surface area (TPSA) is 31.4 Å². The van der Waals surface area contributed by atoms with Crippen LogP contribution in [-0.2, 0) is 12.0 Å². The fourth-order valence-corrected chi connectivity index (χ4v) is 4.26. The molecule has 1 unspecified atom stereocenters. The van der Waals surface area contributed by atoms with Gasteiger partial charge >= 0.3 is 0 Å². The van der Waals surface area contributed by atoms with E-state index in [0.717, 1.165) is 25.7 Å². The summed E-state index contributed by atoms with van der Waals surface area (Å²) >= 11 is 1.89. The molecule has 0 spiro atoms. The second-order valence-electron chi connectivity index (χ2n) is 7.35. The molecule has 4 nitrogen and oxygen atoms in total. The third kappa shape index (κ3) is 4.42. The molecule has 3 rings (SSSR count). The Hall–Kier alpha value is -0.200. The van der Waals surface area contributed by atoms with Gasteiger partial charge in [-0.1, -0.05) is 20.8 Å². The standard InChI is InChI=1S/C16H28N4S.ClH/c1-16(2,3)15-18-10-14(21-15)12-19-7-4-13(11-19)20-8-5-17-6-9-20;/h10,13,17H,4-9,11-12H2,1-3H3;1H. The summed E-state index contributed by atoms with van der Waals surface area (Å²) in [5.41, 5.74) is 0.178. The highest BCUT2D eigenvalue weighted by molar-refractivity contribution is 7.11. The molecule has 2 aliphatic heterocycles. The van der Waals surface area contributed by atoms with Gasteiger partial charge in [0.15, 0.2) is 0 Å². The van der Waals surface area contributed by atoms with Gasteiger partial charge in [0.25, 0.3) is 0 Å². The molecule has 1 aromatic heterocycles. The maximum Gasteiger partial charge on any atom is 0.0981 e. The van der Waals surface area contributed by atoms with Crippen LogP contribution in [0.1, 0.15) is 37.1 Å². The van der Waals surface area contributed by atoms with Gasteiger partial charge in [-0.2, -0.15) is 0 Å². The average Bonchev–Trinajstić information content (AvgIpc) is 3.09. The fourth-order valence-electron chi connectivity index (χ4n) is 3.25. The van der Waals surface area contributed by atoms with Crippen molar-refractivity contribution in [3.63, 3.8) is 0 Å². The average molecular weight is 345 g/mol. The lowest BCUT2D eigenvalue weighted by Crippen LogP contribution is -2.49. The van der Waals surface area contributed by atoms with Crippen molar-refractivity contribution < 1.29 is 0 Å². The lowest BCUT2D eigenvalue weighted by atomic mass is 9.98. The minimum atomic E-state index is 0. The van der Waals surface area contributed by atoms with E-state index in [1.54, 1.807) is 0 Å². The van der Waals surface area contributed by atoms with Crippen LogP contribution in [0.4, 0.5) is 0 Å². The van der Waals surface area contributed by atoms with Gasteiger partial charge < -0.3 is 5.32 Å². The minimum Gasteiger partial charge on any atom is -0.314 e. The summed E-state index contributed by atoms with van der Waals surface area (Å²) in [7, 11) is 0. The molecule has 1 N–H and O–H groups in total.